The van der Waals surface area contributed by atoms with Crippen molar-refractivity contribution in [3.05, 3.63) is 29.8 Å². The average molecular weight is 300 g/mol. The molecule has 0 aliphatic heterocycles. The van der Waals surface area contributed by atoms with E-state index in [4.69, 9.17) is 11.5 Å². The molecule has 0 bridgehead atoms. The smallest absolute Gasteiger partial charge is 0.406 e. The number of benzene rings is 1. The summed E-state index contributed by atoms with van der Waals surface area (Å²) in [5, 5.41) is 4.03. The third-order valence-electron chi connectivity index (χ3n) is 2.70. The van der Waals surface area contributed by atoms with Gasteiger partial charge in [-0.1, -0.05) is 0 Å². The van der Waals surface area contributed by atoms with Crippen molar-refractivity contribution in [3.8, 4) is 17.0 Å². The first kappa shape index (κ1) is 14.7. The molecular weight excluding hydrogens is 289 g/mol. The molecule has 0 saturated carbocycles. The van der Waals surface area contributed by atoms with E-state index >= 15 is 0 Å². The van der Waals surface area contributed by atoms with Crippen LogP contribution in [0.2, 0.25) is 0 Å². The van der Waals surface area contributed by atoms with Gasteiger partial charge in [-0.25, -0.2) is 0 Å². The zero-order chi connectivity index (χ0) is 15.8. The van der Waals surface area contributed by atoms with Crippen LogP contribution in [-0.4, -0.2) is 22.1 Å². The molecule has 1 amide bonds. The number of nitrogens with zero attached hydrogens (tertiary/aromatic N) is 2. The van der Waals surface area contributed by atoms with Gasteiger partial charge in [0.05, 0.1) is 0 Å². The van der Waals surface area contributed by atoms with Crippen LogP contribution in [0.5, 0.6) is 5.75 Å². The number of aromatic nitrogens is 2. The van der Waals surface area contributed by atoms with Crippen LogP contribution in [0.3, 0.4) is 0 Å². The number of nitrogens with two attached hydrogens (primary N) is 2. The Morgan fingerprint density at radius 3 is 2.33 bits per heavy atom. The van der Waals surface area contributed by atoms with Crippen LogP contribution in [0, 0.1) is 0 Å². The number of rotatable bonds is 3. The minimum absolute atomic E-state index is 0.0157. The van der Waals surface area contributed by atoms with Gasteiger partial charge in [0.25, 0.3) is 5.91 Å². The topological polar surface area (TPSA) is 96.2 Å². The number of amides is 1. The summed E-state index contributed by atoms with van der Waals surface area (Å²) in [4.78, 5) is 11.4. The molecule has 112 valence electrons. The third kappa shape index (κ3) is 3.07. The number of nitrogen functional groups attached to an aromatic ring is 1. The van der Waals surface area contributed by atoms with E-state index in [1.54, 1.807) is 0 Å². The van der Waals surface area contributed by atoms with Crippen LogP contribution in [0.4, 0.5) is 19.0 Å². The summed E-state index contributed by atoms with van der Waals surface area (Å²) in [6.07, 6.45) is -4.77. The lowest BCUT2D eigenvalue weighted by Crippen LogP contribution is -2.17. The monoisotopic (exact) mass is 300 g/mol. The Hall–Kier alpha value is -2.71. The number of carbonyl (C=O) groups excluding carboxylic acids is 1. The lowest BCUT2D eigenvalue weighted by Gasteiger charge is -2.08. The number of hydrogen-bond donors (Lipinski definition) is 2. The van der Waals surface area contributed by atoms with Gasteiger partial charge >= 0.3 is 6.36 Å². The summed E-state index contributed by atoms with van der Waals surface area (Å²) >= 11 is 0. The Balaban J connectivity index is 2.40. The number of ether oxygens (including phenoxy) is 1. The van der Waals surface area contributed by atoms with Gasteiger partial charge in [0.1, 0.15) is 22.8 Å². The van der Waals surface area contributed by atoms with Gasteiger partial charge in [-0.05, 0) is 24.3 Å². The second-order valence-electron chi connectivity index (χ2n) is 4.17. The maximum absolute atomic E-state index is 12.1. The molecule has 4 N–H and O–H groups in total. The van der Waals surface area contributed by atoms with E-state index in [0.717, 1.165) is 12.1 Å². The van der Waals surface area contributed by atoms with Crippen LogP contribution in [0.1, 0.15) is 10.4 Å². The van der Waals surface area contributed by atoms with Gasteiger partial charge in [0.15, 0.2) is 0 Å². The Labute approximate surface area is 117 Å². The van der Waals surface area contributed by atoms with Gasteiger partial charge in [0, 0.05) is 12.6 Å². The second kappa shape index (κ2) is 5.00. The lowest BCUT2D eigenvalue weighted by atomic mass is 10.1. The molecule has 21 heavy (non-hydrogen) atoms. The highest BCUT2D eigenvalue weighted by Crippen LogP contribution is 2.29. The van der Waals surface area contributed by atoms with Crippen LogP contribution in [0.25, 0.3) is 11.3 Å². The Kier molecular flexibility index (Phi) is 3.50. The molecule has 2 aromatic rings. The highest BCUT2D eigenvalue weighted by atomic mass is 19.4. The number of anilines is 1. The molecule has 1 aromatic carbocycles. The zero-order valence-electron chi connectivity index (χ0n) is 10.8. The molecule has 0 spiro atoms. The van der Waals surface area contributed by atoms with E-state index < -0.39 is 12.3 Å². The predicted molar refractivity (Wildman–Crippen MR) is 68.3 cm³/mol. The number of aryl methyl sites for hydroxylation is 1. The van der Waals surface area contributed by atoms with E-state index in [1.165, 1.54) is 23.9 Å². The summed E-state index contributed by atoms with van der Waals surface area (Å²) in [6.45, 7) is 0. The van der Waals surface area contributed by atoms with Crippen molar-refractivity contribution in [2.75, 3.05) is 5.73 Å². The van der Waals surface area contributed by atoms with Crippen molar-refractivity contribution in [1.82, 2.24) is 9.78 Å². The molecule has 9 heteroatoms. The Morgan fingerprint density at radius 1 is 1.29 bits per heavy atom. The fourth-order valence-corrected chi connectivity index (χ4v) is 1.80. The number of carbonyl (C=O) groups is 1. The molecule has 0 radical (unpaired) electrons. The van der Waals surface area contributed by atoms with Crippen molar-refractivity contribution in [1.29, 1.82) is 0 Å². The maximum Gasteiger partial charge on any atom is 0.573 e. The zero-order valence-corrected chi connectivity index (χ0v) is 10.8. The third-order valence-corrected chi connectivity index (χ3v) is 2.70. The number of halogens is 3. The molecule has 0 aliphatic carbocycles. The van der Waals surface area contributed by atoms with Gasteiger partial charge in [-0.2, -0.15) is 5.10 Å². The van der Waals surface area contributed by atoms with E-state index in [-0.39, 0.29) is 22.8 Å². The highest BCUT2D eigenvalue weighted by Gasteiger charge is 2.31. The molecule has 1 aromatic heterocycles. The number of hydrogen-bond acceptors (Lipinski definition) is 4. The standard InChI is InChI=1S/C12H11F3N4O2/c1-19-10(16)8(11(17)20)9(18-19)6-2-4-7(5-3-6)21-12(13,14)15/h2-5H,16H2,1H3,(H2,17,20). The predicted octanol–water partition coefficient (Wildman–Crippen LogP) is 1.67. The quantitative estimate of drug-likeness (QED) is 0.901. The molecule has 6 nitrogen and oxygen atoms in total. The van der Waals surface area contributed by atoms with E-state index in [9.17, 15) is 18.0 Å². The first-order chi connectivity index (χ1) is 9.69. The van der Waals surface area contributed by atoms with Crippen molar-refractivity contribution < 1.29 is 22.7 Å². The molecule has 0 aliphatic rings. The van der Waals surface area contributed by atoms with Crippen molar-refractivity contribution >= 4 is 11.7 Å². The summed E-state index contributed by atoms with van der Waals surface area (Å²) in [5.74, 6) is -1.07. The van der Waals surface area contributed by atoms with Crippen molar-refractivity contribution in [3.63, 3.8) is 0 Å². The summed E-state index contributed by atoms with van der Waals surface area (Å²) in [5.41, 5.74) is 11.5. The van der Waals surface area contributed by atoms with Gasteiger partial charge in [0.2, 0.25) is 0 Å². The van der Waals surface area contributed by atoms with E-state index in [1.807, 2.05) is 0 Å². The first-order valence-electron chi connectivity index (χ1n) is 5.67. The van der Waals surface area contributed by atoms with Gasteiger partial charge in [-0.15, -0.1) is 13.2 Å². The Bertz CT molecular complexity index is 677. The van der Waals surface area contributed by atoms with E-state index in [2.05, 4.69) is 9.84 Å². The van der Waals surface area contributed by atoms with Crippen LogP contribution in [-0.2, 0) is 7.05 Å². The summed E-state index contributed by atoms with van der Waals surface area (Å²) in [6, 6.07) is 4.88. The minimum Gasteiger partial charge on any atom is -0.406 e. The van der Waals surface area contributed by atoms with Crippen LogP contribution in [0.15, 0.2) is 24.3 Å². The van der Waals surface area contributed by atoms with Crippen LogP contribution < -0.4 is 16.2 Å². The second-order valence-corrected chi connectivity index (χ2v) is 4.17. The fourth-order valence-electron chi connectivity index (χ4n) is 1.80. The maximum atomic E-state index is 12.1. The van der Waals surface area contributed by atoms with E-state index in [0.29, 0.717) is 5.56 Å². The van der Waals surface area contributed by atoms with Crippen molar-refractivity contribution in [2.24, 2.45) is 12.8 Å². The summed E-state index contributed by atoms with van der Waals surface area (Å²) < 4.78 is 41.2. The molecule has 0 atom stereocenters. The molecule has 0 fully saturated rings. The fraction of sp³-hybridized carbons (Fsp3) is 0.167. The first-order valence-corrected chi connectivity index (χ1v) is 5.67. The largest absolute Gasteiger partial charge is 0.573 e. The summed E-state index contributed by atoms with van der Waals surface area (Å²) in [7, 11) is 1.52. The molecule has 0 saturated heterocycles. The Morgan fingerprint density at radius 2 is 1.86 bits per heavy atom. The molecule has 1 heterocycles. The average Bonchev–Trinajstić information content (AvgIpc) is 2.65. The van der Waals surface area contributed by atoms with Crippen LogP contribution >= 0.6 is 0 Å². The SMILES string of the molecule is Cn1nc(-c2ccc(OC(F)(F)F)cc2)c(C(N)=O)c1N. The normalized spacial score (nSPS) is 11.4. The molecular formula is C12H11F3N4O2. The molecule has 2 rings (SSSR count). The number of alkyl halides is 3. The van der Waals surface area contributed by atoms with Gasteiger partial charge < -0.3 is 16.2 Å². The highest BCUT2D eigenvalue weighted by molar-refractivity contribution is 6.03. The molecule has 0 unspecified atom stereocenters. The van der Waals surface area contributed by atoms with Gasteiger partial charge in [-0.3, -0.25) is 9.48 Å². The van der Waals surface area contributed by atoms with Crippen molar-refractivity contribution in [2.45, 2.75) is 6.36 Å². The minimum atomic E-state index is -4.77. The lowest BCUT2D eigenvalue weighted by molar-refractivity contribution is -0.274. The number of primary amides is 1.